The first-order valence-corrected chi connectivity index (χ1v) is 9.88. The number of amides is 2. The predicted octanol–water partition coefficient (Wildman–Crippen LogP) is 0.903. The minimum atomic E-state index is -1.06. The highest BCUT2D eigenvalue weighted by Gasteiger charge is 2.25. The lowest BCUT2D eigenvalue weighted by Crippen LogP contribution is -2.35. The van der Waals surface area contributed by atoms with Crippen LogP contribution < -0.4 is 16.0 Å². The molecule has 0 radical (unpaired) electrons. The van der Waals surface area contributed by atoms with E-state index in [2.05, 4.69) is 16.0 Å². The number of aliphatic hydroxyl groups is 3. The Bertz CT molecular complexity index is 642. The van der Waals surface area contributed by atoms with Crippen LogP contribution in [0.15, 0.2) is 0 Å². The first kappa shape index (κ1) is 22.1. The molecule has 24 heavy (non-hydrogen) atoms. The van der Waals surface area contributed by atoms with Gasteiger partial charge in [-0.05, 0) is 67.8 Å². The fourth-order valence-electron chi connectivity index (χ4n) is 1.75. The fraction of sp³-hybridized carbons (Fsp3) is 0.385. The Hall–Kier alpha value is 0.0300. The van der Waals surface area contributed by atoms with Gasteiger partial charge in [-0.3, -0.25) is 9.59 Å². The van der Waals surface area contributed by atoms with E-state index in [0.717, 1.165) is 0 Å². The van der Waals surface area contributed by atoms with E-state index in [1.807, 2.05) is 67.8 Å². The van der Waals surface area contributed by atoms with Crippen LogP contribution in [-0.4, -0.2) is 53.1 Å². The molecule has 0 aliphatic carbocycles. The van der Waals surface area contributed by atoms with Gasteiger partial charge in [0.2, 0.25) is 5.91 Å². The molecule has 2 amide bonds. The maximum absolute atomic E-state index is 12.5. The van der Waals surface area contributed by atoms with Gasteiger partial charge in [0.1, 0.15) is 6.73 Å². The summed E-state index contributed by atoms with van der Waals surface area (Å²) in [6.45, 7) is 0.457. The number of benzene rings is 1. The van der Waals surface area contributed by atoms with E-state index < -0.39 is 18.6 Å². The molecule has 1 atom stereocenters. The molecule has 0 saturated heterocycles. The highest BCUT2D eigenvalue weighted by molar-refractivity contribution is 14.1. The summed E-state index contributed by atoms with van der Waals surface area (Å²) in [4.78, 5) is 23.9. The zero-order valence-electron chi connectivity index (χ0n) is 12.5. The molecular formula is C13H16I3N3O5. The highest BCUT2D eigenvalue weighted by Crippen LogP contribution is 2.38. The van der Waals surface area contributed by atoms with Gasteiger partial charge in [-0.25, -0.2) is 0 Å². The average Bonchev–Trinajstić information content (AvgIpc) is 2.53. The van der Waals surface area contributed by atoms with Crippen molar-refractivity contribution in [2.45, 2.75) is 13.0 Å². The largest absolute Gasteiger partial charge is 0.394 e. The van der Waals surface area contributed by atoms with Crippen LogP contribution >= 0.6 is 67.8 Å². The van der Waals surface area contributed by atoms with E-state index in [4.69, 9.17) is 5.11 Å². The molecular weight excluding hydrogens is 659 g/mol. The van der Waals surface area contributed by atoms with Crippen LogP contribution in [-0.2, 0) is 4.79 Å². The lowest BCUT2D eigenvalue weighted by molar-refractivity contribution is -0.114. The molecule has 0 heterocycles. The molecule has 0 bridgehead atoms. The summed E-state index contributed by atoms with van der Waals surface area (Å²) in [5.74, 6) is -0.746. The number of rotatable bonds is 7. The van der Waals surface area contributed by atoms with Crippen molar-refractivity contribution < 1.29 is 24.9 Å². The third-order valence-electron chi connectivity index (χ3n) is 2.81. The van der Waals surface area contributed by atoms with Crippen LogP contribution in [0.3, 0.4) is 0 Å². The number of carbonyl (C=O) groups is 2. The van der Waals surface area contributed by atoms with Crippen molar-refractivity contribution in [3.05, 3.63) is 16.3 Å². The standard InChI is InChI=1S/C13H16I3N3O5/c1-5(22)19-12-9(15)7(13(24)17-2-6(23)3-20)8(14)11(10(12)16)18-4-21/h6,18,20-21,23H,2-4H2,1H3,(H,17,24)(H,19,22). The number of aliphatic hydroxyl groups excluding tert-OH is 3. The molecule has 1 aromatic carbocycles. The Morgan fingerprint density at radius 2 is 1.67 bits per heavy atom. The van der Waals surface area contributed by atoms with Crippen molar-refractivity contribution in [1.82, 2.24) is 5.32 Å². The third-order valence-corrected chi connectivity index (χ3v) is 6.05. The van der Waals surface area contributed by atoms with Crippen molar-refractivity contribution in [1.29, 1.82) is 0 Å². The Morgan fingerprint density at radius 1 is 1.08 bits per heavy atom. The molecule has 0 saturated carbocycles. The molecule has 0 aliphatic heterocycles. The first-order valence-electron chi connectivity index (χ1n) is 6.64. The summed E-state index contributed by atoms with van der Waals surface area (Å²) in [6, 6.07) is 0. The second-order valence-electron chi connectivity index (χ2n) is 4.63. The van der Waals surface area contributed by atoms with Gasteiger partial charge in [-0.1, -0.05) is 0 Å². The second kappa shape index (κ2) is 10.2. The number of halogens is 3. The Kier molecular flexibility index (Phi) is 9.42. The maximum atomic E-state index is 12.5. The molecule has 1 rings (SSSR count). The van der Waals surface area contributed by atoms with Crippen molar-refractivity contribution >= 4 is 91.0 Å². The van der Waals surface area contributed by atoms with Gasteiger partial charge >= 0.3 is 0 Å². The summed E-state index contributed by atoms with van der Waals surface area (Å²) in [5.41, 5.74) is 1.30. The Morgan fingerprint density at radius 3 is 2.17 bits per heavy atom. The van der Waals surface area contributed by atoms with Gasteiger partial charge < -0.3 is 31.3 Å². The molecule has 1 aromatic rings. The van der Waals surface area contributed by atoms with Crippen LogP contribution in [0.4, 0.5) is 11.4 Å². The summed E-state index contributed by atoms with van der Waals surface area (Å²) in [5, 5.41) is 35.4. The maximum Gasteiger partial charge on any atom is 0.253 e. The quantitative estimate of drug-likeness (QED) is 0.188. The van der Waals surface area contributed by atoms with Crippen molar-refractivity contribution in [3.8, 4) is 0 Å². The van der Waals surface area contributed by atoms with Crippen LogP contribution in [0.1, 0.15) is 17.3 Å². The average molecular weight is 675 g/mol. The molecule has 11 heteroatoms. The lowest BCUT2D eigenvalue weighted by Gasteiger charge is -2.20. The van der Waals surface area contributed by atoms with E-state index in [1.165, 1.54) is 6.92 Å². The SMILES string of the molecule is CC(=O)Nc1c(I)c(NCO)c(I)c(C(=O)NCC(O)CO)c1I. The first-order chi connectivity index (χ1) is 11.2. The zero-order valence-corrected chi connectivity index (χ0v) is 19.0. The minimum absolute atomic E-state index is 0.105. The van der Waals surface area contributed by atoms with E-state index in [1.54, 1.807) is 0 Å². The summed E-state index contributed by atoms with van der Waals surface area (Å²) in [6.07, 6.45) is -1.06. The van der Waals surface area contributed by atoms with Crippen LogP contribution in [0.5, 0.6) is 0 Å². The molecule has 8 nitrogen and oxygen atoms in total. The molecule has 0 aliphatic rings. The lowest BCUT2D eigenvalue weighted by atomic mass is 10.1. The third kappa shape index (κ3) is 5.52. The topological polar surface area (TPSA) is 131 Å². The normalized spacial score (nSPS) is 11.8. The number of anilines is 2. The number of carbonyl (C=O) groups excluding carboxylic acids is 2. The van der Waals surface area contributed by atoms with E-state index in [9.17, 15) is 19.8 Å². The molecule has 0 spiro atoms. The van der Waals surface area contributed by atoms with Gasteiger partial charge in [0.05, 0.1) is 40.4 Å². The van der Waals surface area contributed by atoms with Crippen molar-refractivity contribution in [3.63, 3.8) is 0 Å². The van der Waals surface area contributed by atoms with Gasteiger partial charge in [0, 0.05) is 13.5 Å². The molecule has 134 valence electrons. The van der Waals surface area contributed by atoms with Gasteiger partial charge in [0.25, 0.3) is 5.91 Å². The summed E-state index contributed by atoms with van der Waals surface area (Å²) < 4.78 is 1.77. The number of nitrogens with one attached hydrogen (secondary N) is 3. The summed E-state index contributed by atoms with van der Waals surface area (Å²) in [7, 11) is 0. The smallest absolute Gasteiger partial charge is 0.253 e. The number of hydrogen-bond donors (Lipinski definition) is 6. The highest BCUT2D eigenvalue weighted by atomic mass is 127. The molecule has 0 fully saturated rings. The van der Waals surface area contributed by atoms with E-state index >= 15 is 0 Å². The number of hydrogen-bond acceptors (Lipinski definition) is 6. The summed E-state index contributed by atoms with van der Waals surface area (Å²) >= 11 is 5.97. The molecule has 0 aromatic heterocycles. The van der Waals surface area contributed by atoms with Crippen LogP contribution in [0.2, 0.25) is 0 Å². The van der Waals surface area contributed by atoms with Gasteiger partial charge in [-0.15, -0.1) is 0 Å². The van der Waals surface area contributed by atoms with Gasteiger partial charge in [-0.2, -0.15) is 0 Å². The van der Waals surface area contributed by atoms with Gasteiger partial charge in [0.15, 0.2) is 0 Å². The van der Waals surface area contributed by atoms with E-state index in [0.29, 0.717) is 27.6 Å². The predicted molar refractivity (Wildman–Crippen MR) is 115 cm³/mol. The Labute approximate surface area is 179 Å². The van der Waals surface area contributed by atoms with Crippen LogP contribution in [0, 0.1) is 10.7 Å². The van der Waals surface area contributed by atoms with Crippen molar-refractivity contribution in [2.24, 2.45) is 0 Å². The van der Waals surface area contributed by atoms with Crippen LogP contribution in [0.25, 0.3) is 0 Å². The fourth-order valence-corrected chi connectivity index (χ4v) is 6.05. The monoisotopic (exact) mass is 675 g/mol. The van der Waals surface area contributed by atoms with E-state index in [-0.39, 0.29) is 19.2 Å². The molecule has 1 unspecified atom stereocenters. The second-order valence-corrected chi connectivity index (χ2v) is 7.87. The van der Waals surface area contributed by atoms with Crippen molar-refractivity contribution in [2.75, 3.05) is 30.5 Å². The molecule has 6 N–H and O–H groups in total. The minimum Gasteiger partial charge on any atom is -0.394 e. The Balaban J connectivity index is 3.38. The zero-order chi connectivity index (χ0) is 18.4.